The fourth-order valence-corrected chi connectivity index (χ4v) is 4.02. The molecule has 0 aliphatic carbocycles. The van der Waals surface area contributed by atoms with E-state index in [9.17, 15) is 14.4 Å². The van der Waals surface area contributed by atoms with Crippen LogP contribution in [-0.4, -0.2) is 48.8 Å². The van der Waals surface area contributed by atoms with E-state index in [2.05, 4.69) is 5.32 Å². The number of benzene rings is 2. The molecule has 1 unspecified atom stereocenters. The van der Waals surface area contributed by atoms with E-state index in [1.54, 1.807) is 30.2 Å². The van der Waals surface area contributed by atoms with Gasteiger partial charge in [0.2, 0.25) is 0 Å². The Morgan fingerprint density at radius 2 is 1.76 bits per heavy atom. The van der Waals surface area contributed by atoms with Gasteiger partial charge in [-0.15, -0.1) is 0 Å². The van der Waals surface area contributed by atoms with E-state index in [-0.39, 0.29) is 23.2 Å². The number of likely N-dealkylation sites (N-methyl/N-ethyl adjacent to an activating group) is 2. The molecule has 0 radical (unpaired) electrons. The van der Waals surface area contributed by atoms with Crippen LogP contribution in [0.25, 0.3) is 6.08 Å². The minimum absolute atomic E-state index is 0.0313. The highest BCUT2D eigenvalue weighted by Gasteiger charge is 2.33. The predicted octanol–water partition coefficient (Wildman–Crippen LogP) is 2.94. The smallest absolute Gasteiger partial charge is 0.290 e. The largest absolute Gasteiger partial charge is 0.489 e. The van der Waals surface area contributed by atoms with Gasteiger partial charge in [0.05, 0.1) is 16.2 Å². The third-order valence-electron chi connectivity index (χ3n) is 4.95. The van der Waals surface area contributed by atoms with E-state index < -0.39 is 0 Å². The zero-order valence-corrected chi connectivity index (χ0v) is 16.7. The number of rotatable bonds is 4. The maximum absolute atomic E-state index is 12.6. The van der Waals surface area contributed by atoms with Gasteiger partial charge in [0.15, 0.2) is 0 Å². The Morgan fingerprint density at radius 1 is 1.03 bits per heavy atom. The lowest BCUT2D eigenvalue weighted by molar-refractivity contribution is -0.115. The van der Waals surface area contributed by atoms with Crippen LogP contribution in [0.5, 0.6) is 5.75 Å². The fourth-order valence-electron chi connectivity index (χ4n) is 3.33. The van der Waals surface area contributed by atoms with Crippen LogP contribution in [-0.2, 0) is 4.79 Å². The van der Waals surface area contributed by atoms with Crippen molar-refractivity contribution in [2.24, 2.45) is 0 Å². The number of carbonyl (C=O) groups is 3. The number of imide groups is 1. The number of ether oxygens (including phenoxy) is 1. The molecule has 0 aromatic heterocycles. The summed E-state index contributed by atoms with van der Waals surface area (Å²) in [5, 5.41) is 1.87. The molecule has 2 heterocycles. The first-order valence-electron chi connectivity index (χ1n) is 9.01. The number of fused-ring (bicyclic) bond motifs is 1. The van der Waals surface area contributed by atoms with Gasteiger partial charge in [-0.2, -0.15) is 0 Å². The van der Waals surface area contributed by atoms with Crippen LogP contribution in [0.4, 0.5) is 10.5 Å². The van der Waals surface area contributed by atoms with Gasteiger partial charge in [-0.1, -0.05) is 24.3 Å². The Balaban J connectivity index is 1.44. The number of hydrogen-bond donors (Lipinski definition) is 1. The van der Waals surface area contributed by atoms with E-state index in [0.29, 0.717) is 22.8 Å². The second-order valence-corrected chi connectivity index (χ2v) is 7.77. The lowest BCUT2D eigenvalue weighted by Gasteiger charge is -2.41. The minimum Gasteiger partial charge on any atom is -0.489 e. The third-order valence-corrected chi connectivity index (χ3v) is 5.76. The first-order valence-corrected chi connectivity index (χ1v) is 9.82. The Morgan fingerprint density at radius 3 is 2.45 bits per heavy atom. The van der Waals surface area contributed by atoms with Crippen molar-refractivity contribution < 1.29 is 19.1 Å². The van der Waals surface area contributed by atoms with Gasteiger partial charge in [-0.3, -0.25) is 19.7 Å². The average molecular weight is 409 g/mol. The van der Waals surface area contributed by atoms with Crippen molar-refractivity contribution in [3.63, 3.8) is 0 Å². The zero-order valence-electron chi connectivity index (χ0n) is 15.9. The molecule has 29 heavy (non-hydrogen) atoms. The highest BCUT2D eigenvalue weighted by Crippen LogP contribution is 2.29. The molecule has 1 atom stereocenters. The highest BCUT2D eigenvalue weighted by atomic mass is 32.2. The monoisotopic (exact) mass is 409 g/mol. The van der Waals surface area contributed by atoms with Crippen LogP contribution >= 0.6 is 11.8 Å². The molecule has 1 fully saturated rings. The Bertz CT molecular complexity index is 1020. The van der Waals surface area contributed by atoms with Crippen LogP contribution in [0, 0.1) is 0 Å². The first kappa shape index (κ1) is 19.1. The lowest BCUT2D eigenvalue weighted by Crippen LogP contribution is -2.54. The SMILES string of the molecule is CN1C(=O)c2ccccc2N(C)C1COc1ccc(/C=C2\SC(=O)NC2=O)cc1. The molecule has 2 aliphatic heterocycles. The summed E-state index contributed by atoms with van der Waals surface area (Å²) >= 11 is 0.884. The number of nitrogens with one attached hydrogen (secondary N) is 1. The van der Waals surface area contributed by atoms with Crippen LogP contribution in [0.3, 0.4) is 0 Å². The van der Waals surface area contributed by atoms with Gasteiger partial charge >= 0.3 is 0 Å². The number of amides is 3. The summed E-state index contributed by atoms with van der Waals surface area (Å²) in [5.41, 5.74) is 2.35. The molecule has 148 valence electrons. The first-order chi connectivity index (χ1) is 13.9. The number of carbonyl (C=O) groups excluding carboxylic acids is 3. The molecule has 1 saturated heterocycles. The van der Waals surface area contributed by atoms with Gasteiger partial charge in [0.1, 0.15) is 18.5 Å². The Hall–Kier alpha value is -3.26. The average Bonchev–Trinajstić information content (AvgIpc) is 3.04. The molecule has 3 amide bonds. The summed E-state index contributed by atoms with van der Waals surface area (Å²) in [5.74, 6) is 0.240. The van der Waals surface area contributed by atoms with Crippen molar-refractivity contribution in [1.82, 2.24) is 10.2 Å². The fraction of sp³-hybridized carbons (Fsp3) is 0.190. The van der Waals surface area contributed by atoms with Crippen molar-refractivity contribution in [2.75, 3.05) is 25.6 Å². The second-order valence-electron chi connectivity index (χ2n) is 6.76. The number of thioether (sulfide) groups is 1. The van der Waals surface area contributed by atoms with Gasteiger partial charge in [-0.05, 0) is 47.7 Å². The number of nitrogens with zero attached hydrogens (tertiary/aromatic N) is 2. The molecule has 7 nitrogen and oxygen atoms in total. The summed E-state index contributed by atoms with van der Waals surface area (Å²) in [6, 6.07) is 14.7. The van der Waals surface area contributed by atoms with Gasteiger partial charge in [-0.25, -0.2) is 0 Å². The van der Waals surface area contributed by atoms with E-state index in [1.165, 1.54) is 0 Å². The molecular formula is C21H19N3O4S. The standard InChI is InChI=1S/C21H19N3O4S/c1-23-16-6-4-3-5-15(16)20(26)24(2)18(23)12-28-14-9-7-13(8-10-14)11-17-19(25)22-21(27)29-17/h3-11,18H,12H2,1-2H3,(H,22,25,27)/b17-11-. The number of anilines is 1. The molecule has 0 spiro atoms. The number of para-hydroxylation sites is 1. The third kappa shape index (κ3) is 3.71. The van der Waals surface area contributed by atoms with E-state index in [1.807, 2.05) is 48.3 Å². The van der Waals surface area contributed by atoms with Crippen LogP contribution < -0.4 is 15.0 Å². The topological polar surface area (TPSA) is 79.0 Å². The van der Waals surface area contributed by atoms with E-state index >= 15 is 0 Å². The maximum atomic E-state index is 12.6. The van der Waals surface area contributed by atoms with E-state index in [0.717, 1.165) is 23.0 Å². The normalized spacial score (nSPS) is 20.1. The summed E-state index contributed by atoms with van der Waals surface area (Å²) in [4.78, 5) is 39.6. The molecule has 2 aliphatic rings. The van der Waals surface area contributed by atoms with Crippen molar-refractivity contribution >= 4 is 40.6 Å². The van der Waals surface area contributed by atoms with Crippen LogP contribution in [0.15, 0.2) is 53.4 Å². The van der Waals surface area contributed by atoms with Crippen molar-refractivity contribution in [3.8, 4) is 5.75 Å². The van der Waals surface area contributed by atoms with Crippen LogP contribution in [0.2, 0.25) is 0 Å². The quantitative estimate of drug-likeness (QED) is 0.783. The van der Waals surface area contributed by atoms with E-state index in [4.69, 9.17) is 4.74 Å². The molecule has 2 aromatic rings. The Kier molecular flexibility index (Phi) is 5.02. The summed E-state index contributed by atoms with van der Waals surface area (Å²) in [6.07, 6.45) is 1.43. The summed E-state index contributed by atoms with van der Waals surface area (Å²) in [6.45, 7) is 0.306. The molecule has 0 saturated carbocycles. The summed E-state index contributed by atoms with van der Waals surface area (Å²) in [7, 11) is 3.71. The van der Waals surface area contributed by atoms with Crippen LogP contribution in [0.1, 0.15) is 15.9 Å². The van der Waals surface area contributed by atoms with Crippen molar-refractivity contribution in [1.29, 1.82) is 0 Å². The summed E-state index contributed by atoms with van der Waals surface area (Å²) < 4.78 is 5.92. The zero-order chi connectivity index (χ0) is 20.5. The second kappa shape index (κ2) is 7.63. The maximum Gasteiger partial charge on any atom is 0.290 e. The molecule has 2 aromatic carbocycles. The van der Waals surface area contributed by atoms with Crippen molar-refractivity contribution in [2.45, 2.75) is 6.17 Å². The predicted molar refractivity (Wildman–Crippen MR) is 112 cm³/mol. The Labute approximate surface area is 172 Å². The molecule has 0 bridgehead atoms. The van der Waals surface area contributed by atoms with Gasteiger partial charge in [0.25, 0.3) is 17.1 Å². The molecule has 1 N–H and O–H groups in total. The highest BCUT2D eigenvalue weighted by molar-refractivity contribution is 8.18. The van der Waals surface area contributed by atoms with Gasteiger partial charge in [0, 0.05) is 14.1 Å². The minimum atomic E-state index is -0.381. The molecule has 8 heteroatoms. The lowest BCUT2D eigenvalue weighted by atomic mass is 10.1. The van der Waals surface area contributed by atoms with Crippen molar-refractivity contribution in [3.05, 3.63) is 64.6 Å². The molecular weight excluding hydrogens is 390 g/mol. The van der Waals surface area contributed by atoms with Gasteiger partial charge < -0.3 is 14.5 Å². The molecule has 4 rings (SSSR count). The number of hydrogen-bond acceptors (Lipinski definition) is 6.